The SMILES string of the molecule is CCc1ccc2c(c1)NC(=O)c1c(Nc3cc(O)c(C)cc3F)ccnc1N2.C[C@@H](CO)C(N)=O. The number of pyridine rings is 1. The van der Waals surface area contributed by atoms with Crippen LogP contribution in [0.3, 0.4) is 0 Å². The van der Waals surface area contributed by atoms with Crippen molar-refractivity contribution in [3.05, 3.63) is 65.1 Å². The standard InChI is InChI=1S/C21H19FN4O2.C4H9NO2/c1-3-12-4-5-14-17(9-12)26-21(28)19-15(6-7-23-20(19)25-14)24-16-10-18(27)11(2)8-13(16)22;1-3(2-6)4(5)7/h4-10,27H,3H2,1-2H3,(H,26,28)(H2,23,24,25);3,6H,2H2,1H3,(H2,5,7)/t;3-/m.0/s1. The molecule has 0 fully saturated rings. The molecule has 0 saturated carbocycles. The molecule has 7 N–H and O–H groups in total. The van der Waals surface area contributed by atoms with E-state index in [4.69, 9.17) is 10.8 Å². The van der Waals surface area contributed by atoms with Gasteiger partial charge in [-0.15, -0.1) is 0 Å². The van der Waals surface area contributed by atoms with E-state index in [9.17, 15) is 19.1 Å². The number of hydrogen-bond donors (Lipinski definition) is 6. The Morgan fingerprint density at radius 3 is 2.54 bits per heavy atom. The molecule has 1 aliphatic rings. The van der Waals surface area contributed by atoms with E-state index in [0.29, 0.717) is 22.8 Å². The van der Waals surface area contributed by atoms with Crippen LogP contribution in [0.5, 0.6) is 5.75 Å². The summed E-state index contributed by atoms with van der Waals surface area (Å²) in [5.74, 6) is -1.42. The number of aliphatic hydroxyl groups excluding tert-OH is 1. The van der Waals surface area contributed by atoms with Gasteiger partial charge in [0.15, 0.2) is 0 Å². The van der Waals surface area contributed by atoms with Crippen molar-refractivity contribution in [3.63, 3.8) is 0 Å². The van der Waals surface area contributed by atoms with Crippen molar-refractivity contribution < 1.29 is 24.2 Å². The van der Waals surface area contributed by atoms with E-state index in [2.05, 4.69) is 20.9 Å². The van der Waals surface area contributed by atoms with Gasteiger partial charge < -0.3 is 31.9 Å². The number of anilines is 5. The fourth-order valence-corrected chi connectivity index (χ4v) is 3.22. The number of fused-ring (bicyclic) bond motifs is 2. The Morgan fingerprint density at radius 1 is 1.17 bits per heavy atom. The molecule has 0 radical (unpaired) electrons. The molecule has 0 saturated heterocycles. The van der Waals surface area contributed by atoms with Gasteiger partial charge in [0, 0.05) is 12.3 Å². The normalized spacial score (nSPS) is 12.5. The van der Waals surface area contributed by atoms with Gasteiger partial charge in [-0.3, -0.25) is 9.59 Å². The van der Waals surface area contributed by atoms with Crippen molar-refractivity contribution >= 4 is 40.4 Å². The highest BCUT2D eigenvalue weighted by Gasteiger charge is 2.24. The molecule has 184 valence electrons. The third kappa shape index (κ3) is 5.85. The molecule has 0 unspecified atom stereocenters. The van der Waals surface area contributed by atoms with Gasteiger partial charge in [0.2, 0.25) is 5.91 Å². The van der Waals surface area contributed by atoms with Crippen LogP contribution in [-0.2, 0) is 11.2 Å². The molecule has 1 aliphatic heterocycles. The topological polar surface area (TPSA) is 150 Å². The largest absolute Gasteiger partial charge is 0.508 e. The highest BCUT2D eigenvalue weighted by atomic mass is 19.1. The van der Waals surface area contributed by atoms with Gasteiger partial charge in [-0.05, 0) is 48.7 Å². The van der Waals surface area contributed by atoms with Crippen LogP contribution in [-0.4, -0.2) is 33.6 Å². The second-order valence-corrected chi connectivity index (χ2v) is 8.12. The number of aliphatic hydroxyl groups is 1. The zero-order valence-corrected chi connectivity index (χ0v) is 19.6. The Hall–Kier alpha value is -4.18. The molecular formula is C25H28FN5O4. The molecule has 9 nitrogen and oxygen atoms in total. The van der Waals surface area contributed by atoms with Gasteiger partial charge in [0.1, 0.15) is 22.9 Å². The van der Waals surface area contributed by atoms with E-state index in [1.807, 2.05) is 25.1 Å². The quantitative estimate of drug-likeness (QED) is 0.323. The van der Waals surface area contributed by atoms with Gasteiger partial charge in [0.05, 0.1) is 35.3 Å². The van der Waals surface area contributed by atoms with E-state index in [1.165, 1.54) is 18.3 Å². The fourth-order valence-electron chi connectivity index (χ4n) is 3.22. The lowest BCUT2D eigenvalue weighted by molar-refractivity contribution is -0.122. The molecule has 0 spiro atoms. The number of phenolic OH excluding ortho intramolecular Hbond substituents is 1. The van der Waals surface area contributed by atoms with Crippen molar-refractivity contribution in [1.82, 2.24) is 4.98 Å². The van der Waals surface area contributed by atoms with Crippen molar-refractivity contribution in [2.75, 3.05) is 22.6 Å². The number of amides is 2. The van der Waals surface area contributed by atoms with Crippen LogP contribution >= 0.6 is 0 Å². The van der Waals surface area contributed by atoms with E-state index in [-0.39, 0.29) is 29.5 Å². The van der Waals surface area contributed by atoms with Crippen LogP contribution in [0, 0.1) is 18.7 Å². The molecule has 2 aromatic carbocycles. The third-order valence-corrected chi connectivity index (χ3v) is 5.49. The summed E-state index contributed by atoms with van der Waals surface area (Å²) in [5.41, 5.74) is 8.36. The molecule has 0 aliphatic carbocycles. The maximum absolute atomic E-state index is 14.3. The van der Waals surface area contributed by atoms with Crippen molar-refractivity contribution in [1.29, 1.82) is 0 Å². The summed E-state index contributed by atoms with van der Waals surface area (Å²) in [4.78, 5) is 27.2. The zero-order chi connectivity index (χ0) is 25.7. The lowest BCUT2D eigenvalue weighted by Crippen LogP contribution is -2.22. The second-order valence-electron chi connectivity index (χ2n) is 8.12. The first-order valence-electron chi connectivity index (χ1n) is 11.0. The number of aryl methyl sites for hydroxylation is 2. The van der Waals surface area contributed by atoms with E-state index < -0.39 is 17.6 Å². The molecule has 4 rings (SSSR count). The highest BCUT2D eigenvalue weighted by molar-refractivity contribution is 6.15. The third-order valence-electron chi connectivity index (χ3n) is 5.49. The minimum atomic E-state index is -0.529. The number of aromatic hydroxyl groups is 1. The van der Waals surface area contributed by atoms with Gasteiger partial charge in [-0.2, -0.15) is 0 Å². The number of hydrogen-bond acceptors (Lipinski definition) is 7. The Balaban J connectivity index is 0.000000429. The number of carbonyl (C=O) groups excluding carboxylic acids is 2. The molecule has 2 amide bonds. The Kier molecular flexibility index (Phi) is 7.87. The van der Waals surface area contributed by atoms with Crippen LogP contribution in [0.25, 0.3) is 0 Å². The first kappa shape index (κ1) is 25.4. The van der Waals surface area contributed by atoms with Crippen LogP contribution in [0.4, 0.5) is 33.0 Å². The van der Waals surface area contributed by atoms with Gasteiger partial charge >= 0.3 is 0 Å². The summed E-state index contributed by atoms with van der Waals surface area (Å²) < 4.78 is 14.3. The van der Waals surface area contributed by atoms with E-state index in [1.54, 1.807) is 19.9 Å². The molecular weight excluding hydrogens is 453 g/mol. The summed E-state index contributed by atoms with van der Waals surface area (Å²) in [7, 11) is 0. The molecule has 10 heteroatoms. The van der Waals surface area contributed by atoms with Crippen molar-refractivity contribution in [2.45, 2.75) is 27.2 Å². The zero-order valence-electron chi connectivity index (χ0n) is 19.6. The van der Waals surface area contributed by atoms with Gasteiger partial charge in [-0.1, -0.05) is 19.9 Å². The minimum Gasteiger partial charge on any atom is -0.508 e. The second kappa shape index (κ2) is 10.8. The molecule has 1 atom stereocenters. The van der Waals surface area contributed by atoms with Crippen LogP contribution in [0.1, 0.15) is 35.3 Å². The lowest BCUT2D eigenvalue weighted by Gasteiger charge is -2.14. The molecule has 1 aromatic heterocycles. The average Bonchev–Trinajstić information content (AvgIpc) is 2.97. The van der Waals surface area contributed by atoms with Crippen molar-refractivity contribution in [2.24, 2.45) is 11.7 Å². The lowest BCUT2D eigenvalue weighted by atomic mass is 10.1. The monoisotopic (exact) mass is 481 g/mol. The number of aromatic nitrogens is 1. The highest BCUT2D eigenvalue weighted by Crippen LogP contribution is 2.36. The minimum absolute atomic E-state index is 0.0360. The van der Waals surface area contributed by atoms with Crippen LogP contribution in [0.15, 0.2) is 42.6 Å². The maximum atomic E-state index is 14.3. The first-order valence-corrected chi connectivity index (χ1v) is 11.0. The molecule has 35 heavy (non-hydrogen) atoms. The maximum Gasteiger partial charge on any atom is 0.261 e. The van der Waals surface area contributed by atoms with E-state index in [0.717, 1.165) is 17.7 Å². The number of nitrogens with zero attached hydrogens (tertiary/aromatic N) is 1. The molecule has 3 aromatic rings. The number of nitrogens with one attached hydrogen (secondary N) is 3. The Bertz CT molecular complexity index is 1260. The number of primary amides is 1. The summed E-state index contributed by atoms with van der Waals surface area (Å²) in [6.07, 6.45) is 2.37. The van der Waals surface area contributed by atoms with Crippen LogP contribution < -0.4 is 21.7 Å². The smallest absolute Gasteiger partial charge is 0.261 e. The summed E-state index contributed by atoms with van der Waals surface area (Å²) >= 11 is 0. The van der Waals surface area contributed by atoms with Crippen LogP contribution in [0.2, 0.25) is 0 Å². The predicted molar refractivity (Wildman–Crippen MR) is 133 cm³/mol. The van der Waals surface area contributed by atoms with Crippen molar-refractivity contribution in [3.8, 4) is 5.75 Å². The molecule has 2 heterocycles. The van der Waals surface area contributed by atoms with Gasteiger partial charge in [-0.25, -0.2) is 9.37 Å². The predicted octanol–water partition coefficient (Wildman–Crippen LogP) is 3.95. The summed E-state index contributed by atoms with van der Waals surface area (Å²) in [5, 5.41) is 27.1. The number of halogens is 1. The number of phenols is 1. The number of nitrogens with two attached hydrogens (primary N) is 1. The first-order chi connectivity index (χ1) is 16.6. The number of rotatable bonds is 5. The summed E-state index contributed by atoms with van der Waals surface area (Å²) in [6, 6.07) is 9.90. The number of benzene rings is 2. The van der Waals surface area contributed by atoms with Gasteiger partial charge in [0.25, 0.3) is 5.91 Å². The Labute approximate surface area is 202 Å². The van der Waals surface area contributed by atoms with E-state index >= 15 is 0 Å². The average molecular weight is 482 g/mol. The summed E-state index contributed by atoms with van der Waals surface area (Å²) in [6.45, 7) is 5.06. The fraction of sp³-hybridized carbons (Fsp3) is 0.240. The Morgan fingerprint density at radius 2 is 1.91 bits per heavy atom. The number of carbonyl (C=O) groups is 2. The molecule has 0 bridgehead atoms.